The number of hydrogen-bond acceptors (Lipinski definition) is 4. The van der Waals surface area contributed by atoms with Crippen molar-refractivity contribution in [1.29, 1.82) is 0 Å². The SMILES string of the molecule is O=C1c2cccn2[C@H]2CN(Cc3ccsc3)C[C@H]2N1Cc1cccnc1. The van der Waals surface area contributed by atoms with E-state index in [0.717, 1.165) is 30.9 Å². The molecule has 5 heterocycles. The summed E-state index contributed by atoms with van der Waals surface area (Å²) >= 11 is 1.74. The van der Waals surface area contributed by atoms with Gasteiger partial charge in [0.25, 0.3) is 5.91 Å². The molecule has 0 spiro atoms. The minimum Gasteiger partial charge on any atom is -0.337 e. The molecule has 2 atom stereocenters. The van der Waals surface area contributed by atoms with Gasteiger partial charge in [0.15, 0.2) is 0 Å². The van der Waals surface area contributed by atoms with Crippen molar-refractivity contribution in [3.05, 3.63) is 76.5 Å². The number of likely N-dealkylation sites (tertiary alicyclic amines) is 1. The number of rotatable bonds is 4. The van der Waals surface area contributed by atoms with Crippen LogP contribution in [-0.4, -0.2) is 44.4 Å². The highest BCUT2D eigenvalue weighted by molar-refractivity contribution is 7.07. The molecule has 3 aromatic heterocycles. The molecule has 1 amide bonds. The number of hydrogen-bond donors (Lipinski definition) is 0. The molecule has 2 aliphatic heterocycles. The summed E-state index contributed by atoms with van der Waals surface area (Å²) < 4.78 is 2.18. The normalized spacial score (nSPS) is 22.5. The fourth-order valence-corrected chi connectivity index (χ4v) is 4.90. The highest BCUT2D eigenvalue weighted by Gasteiger charge is 2.44. The van der Waals surface area contributed by atoms with Crippen LogP contribution in [0.15, 0.2) is 59.7 Å². The molecule has 0 saturated carbocycles. The lowest BCUT2D eigenvalue weighted by Gasteiger charge is -2.38. The first-order valence-electron chi connectivity index (χ1n) is 8.90. The van der Waals surface area contributed by atoms with Crippen LogP contribution < -0.4 is 0 Å². The lowest BCUT2D eigenvalue weighted by atomic mass is 10.0. The molecule has 6 heteroatoms. The predicted octanol–water partition coefficient (Wildman–Crippen LogP) is 3.03. The third-order valence-electron chi connectivity index (χ3n) is 5.41. The van der Waals surface area contributed by atoms with Crippen LogP contribution in [0, 0.1) is 0 Å². The molecule has 0 bridgehead atoms. The summed E-state index contributed by atoms with van der Waals surface area (Å²) in [5.74, 6) is 0.123. The molecule has 1 saturated heterocycles. The molecule has 26 heavy (non-hydrogen) atoms. The number of carbonyl (C=O) groups excluding carboxylic acids is 1. The molecule has 0 radical (unpaired) electrons. The number of pyridine rings is 1. The predicted molar refractivity (Wildman–Crippen MR) is 101 cm³/mol. The second kappa shape index (κ2) is 6.37. The first-order chi connectivity index (χ1) is 12.8. The fourth-order valence-electron chi connectivity index (χ4n) is 4.24. The molecule has 2 aliphatic rings. The summed E-state index contributed by atoms with van der Waals surface area (Å²) in [6.07, 6.45) is 5.68. The zero-order chi connectivity index (χ0) is 17.5. The van der Waals surface area contributed by atoms with Crippen LogP contribution in [0.4, 0.5) is 0 Å². The second-order valence-electron chi connectivity index (χ2n) is 7.06. The highest BCUT2D eigenvalue weighted by atomic mass is 32.1. The lowest BCUT2D eigenvalue weighted by Crippen LogP contribution is -2.49. The zero-order valence-corrected chi connectivity index (χ0v) is 15.2. The quantitative estimate of drug-likeness (QED) is 0.715. The van der Waals surface area contributed by atoms with Crippen LogP contribution in [0.3, 0.4) is 0 Å². The zero-order valence-electron chi connectivity index (χ0n) is 14.4. The van der Waals surface area contributed by atoms with Gasteiger partial charge in [0.1, 0.15) is 5.69 Å². The Morgan fingerprint density at radius 2 is 2.00 bits per heavy atom. The van der Waals surface area contributed by atoms with Crippen molar-refractivity contribution in [2.24, 2.45) is 0 Å². The summed E-state index contributed by atoms with van der Waals surface area (Å²) in [5.41, 5.74) is 3.23. The van der Waals surface area contributed by atoms with Gasteiger partial charge in [-0.2, -0.15) is 11.3 Å². The molecule has 1 fully saturated rings. The smallest absolute Gasteiger partial charge is 0.271 e. The van der Waals surface area contributed by atoms with E-state index < -0.39 is 0 Å². The van der Waals surface area contributed by atoms with Gasteiger partial charge in [-0.3, -0.25) is 14.7 Å². The Hall–Kier alpha value is -2.44. The number of carbonyl (C=O) groups is 1. The van der Waals surface area contributed by atoms with Crippen LogP contribution >= 0.6 is 11.3 Å². The fraction of sp³-hybridized carbons (Fsp3) is 0.300. The van der Waals surface area contributed by atoms with Crippen molar-refractivity contribution in [2.45, 2.75) is 25.2 Å². The maximum atomic E-state index is 13.1. The number of amides is 1. The Morgan fingerprint density at radius 3 is 2.81 bits per heavy atom. The van der Waals surface area contributed by atoms with Crippen molar-refractivity contribution >= 4 is 17.2 Å². The number of aromatic nitrogens is 2. The van der Waals surface area contributed by atoms with Crippen molar-refractivity contribution in [2.75, 3.05) is 13.1 Å². The third-order valence-corrected chi connectivity index (χ3v) is 6.15. The Balaban J connectivity index is 1.45. The number of fused-ring (bicyclic) bond motifs is 3. The molecule has 0 aromatic carbocycles. The number of thiophene rings is 1. The molecule has 3 aromatic rings. The van der Waals surface area contributed by atoms with Gasteiger partial charge in [0, 0.05) is 44.8 Å². The molecule has 5 rings (SSSR count). The second-order valence-corrected chi connectivity index (χ2v) is 7.84. The van der Waals surface area contributed by atoms with Crippen LogP contribution in [-0.2, 0) is 13.1 Å². The molecular formula is C20H20N4OS. The Bertz CT molecular complexity index is 905. The van der Waals surface area contributed by atoms with E-state index in [1.165, 1.54) is 5.56 Å². The summed E-state index contributed by atoms with van der Waals surface area (Å²) in [6.45, 7) is 3.44. The molecule has 5 nitrogen and oxygen atoms in total. The molecular weight excluding hydrogens is 344 g/mol. The summed E-state index contributed by atoms with van der Waals surface area (Å²) in [4.78, 5) is 21.8. The minimum absolute atomic E-state index is 0.123. The summed E-state index contributed by atoms with van der Waals surface area (Å²) in [7, 11) is 0. The van der Waals surface area contributed by atoms with Gasteiger partial charge < -0.3 is 9.47 Å². The minimum atomic E-state index is 0.123. The average Bonchev–Trinajstić information content (AvgIpc) is 3.40. The monoisotopic (exact) mass is 364 g/mol. The number of nitrogens with zero attached hydrogens (tertiary/aromatic N) is 4. The molecule has 0 unspecified atom stereocenters. The van der Waals surface area contributed by atoms with Gasteiger partial charge in [-0.05, 0) is 46.2 Å². The summed E-state index contributed by atoms with van der Waals surface area (Å²) in [5, 5.41) is 4.34. The van der Waals surface area contributed by atoms with Crippen LogP contribution in [0.2, 0.25) is 0 Å². The van der Waals surface area contributed by atoms with Crippen molar-refractivity contribution in [3.63, 3.8) is 0 Å². The van der Waals surface area contributed by atoms with Crippen LogP contribution in [0.5, 0.6) is 0 Å². The Labute approximate surface area is 156 Å². The Morgan fingerprint density at radius 1 is 1.08 bits per heavy atom. The van der Waals surface area contributed by atoms with E-state index in [1.54, 1.807) is 17.5 Å². The van der Waals surface area contributed by atoms with Gasteiger partial charge in [-0.1, -0.05) is 6.07 Å². The van der Waals surface area contributed by atoms with Gasteiger partial charge in [-0.15, -0.1) is 0 Å². The van der Waals surface area contributed by atoms with Gasteiger partial charge in [0.05, 0.1) is 12.1 Å². The van der Waals surface area contributed by atoms with E-state index in [4.69, 9.17) is 0 Å². The van der Waals surface area contributed by atoms with Gasteiger partial charge >= 0.3 is 0 Å². The molecule has 0 aliphatic carbocycles. The first-order valence-corrected chi connectivity index (χ1v) is 9.84. The third kappa shape index (κ3) is 2.66. The Kier molecular flexibility index (Phi) is 3.87. The molecule has 132 valence electrons. The van der Waals surface area contributed by atoms with E-state index in [-0.39, 0.29) is 11.9 Å². The van der Waals surface area contributed by atoms with E-state index in [0.29, 0.717) is 12.6 Å². The van der Waals surface area contributed by atoms with E-state index in [2.05, 4.69) is 37.5 Å². The van der Waals surface area contributed by atoms with Crippen molar-refractivity contribution in [1.82, 2.24) is 19.4 Å². The standard InChI is InChI=1S/C20H20N4OS/c25-20-17-4-2-7-23(17)18-12-22(10-16-5-8-26-14-16)13-19(18)24(20)11-15-3-1-6-21-9-15/h1-9,14,18-19H,10-13H2/t18-,19+/m0/s1. The first kappa shape index (κ1) is 15.8. The maximum Gasteiger partial charge on any atom is 0.271 e. The van der Waals surface area contributed by atoms with E-state index >= 15 is 0 Å². The molecule has 0 N–H and O–H groups in total. The van der Waals surface area contributed by atoms with Crippen molar-refractivity contribution < 1.29 is 4.79 Å². The largest absolute Gasteiger partial charge is 0.337 e. The van der Waals surface area contributed by atoms with Gasteiger partial charge in [0.2, 0.25) is 0 Å². The highest BCUT2D eigenvalue weighted by Crippen LogP contribution is 2.35. The van der Waals surface area contributed by atoms with Crippen LogP contribution in [0.25, 0.3) is 0 Å². The van der Waals surface area contributed by atoms with E-state index in [1.807, 2.05) is 35.4 Å². The topological polar surface area (TPSA) is 41.4 Å². The van der Waals surface area contributed by atoms with Crippen molar-refractivity contribution in [3.8, 4) is 0 Å². The average molecular weight is 364 g/mol. The van der Waals surface area contributed by atoms with Gasteiger partial charge in [-0.25, -0.2) is 0 Å². The van der Waals surface area contributed by atoms with E-state index in [9.17, 15) is 4.79 Å². The lowest BCUT2D eigenvalue weighted by molar-refractivity contribution is 0.0556. The van der Waals surface area contributed by atoms with Crippen LogP contribution in [0.1, 0.15) is 27.7 Å². The maximum absolute atomic E-state index is 13.1. The summed E-state index contributed by atoms with van der Waals surface area (Å²) in [6, 6.07) is 10.6.